The minimum atomic E-state index is -0.594. The summed E-state index contributed by atoms with van der Waals surface area (Å²) in [7, 11) is 1.36. The van der Waals surface area contributed by atoms with E-state index in [1.807, 2.05) is 39.0 Å². The van der Waals surface area contributed by atoms with E-state index in [9.17, 15) is 14.7 Å². The van der Waals surface area contributed by atoms with Crippen LogP contribution >= 0.6 is 0 Å². The smallest absolute Gasteiger partial charge is 0.330 e. The van der Waals surface area contributed by atoms with Crippen LogP contribution in [-0.4, -0.2) is 43.3 Å². The number of allylic oxidation sites excluding steroid dienone is 2. The Morgan fingerprint density at radius 1 is 1.37 bits per heavy atom. The van der Waals surface area contributed by atoms with Crippen LogP contribution in [0.25, 0.3) is 0 Å². The molecule has 3 atom stereocenters. The summed E-state index contributed by atoms with van der Waals surface area (Å²) in [5.74, 6) is 0.253. The van der Waals surface area contributed by atoms with E-state index in [1.165, 1.54) is 13.2 Å². The van der Waals surface area contributed by atoms with Crippen LogP contribution in [0.2, 0.25) is 0 Å². The van der Waals surface area contributed by atoms with Crippen molar-refractivity contribution >= 4 is 11.8 Å². The van der Waals surface area contributed by atoms with Gasteiger partial charge in [0.1, 0.15) is 5.78 Å². The first-order chi connectivity index (χ1) is 12.8. The number of carbonyl (C=O) groups is 2. The number of ether oxygens (including phenoxy) is 2. The number of methoxy groups -OCH3 is 1. The predicted octanol–water partition coefficient (Wildman–Crippen LogP) is 3.85. The van der Waals surface area contributed by atoms with Gasteiger partial charge in [0.25, 0.3) is 0 Å². The maximum atomic E-state index is 12.2. The standard InChI is InChI=1S/C22H36O5/c1-5-27-16-22(2,3)20(24)15-13-17-12-14-19(23)18(17)10-8-6-7-9-11-21(25)26-4/h9,11,13,15,17-18,20,24H,5-8,10,12,14,16H2,1-4H3/b11-9+,15-13+/t17-,18-,20?/m1/s1. The van der Waals surface area contributed by atoms with Crippen LogP contribution in [0.3, 0.4) is 0 Å². The lowest BCUT2D eigenvalue weighted by Gasteiger charge is -2.28. The topological polar surface area (TPSA) is 72.8 Å². The van der Waals surface area contributed by atoms with Crippen LogP contribution < -0.4 is 0 Å². The van der Waals surface area contributed by atoms with Crippen molar-refractivity contribution in [3.8, 4) is 0 Å². The fourth-order valence-electron chi connectivity index (χ4n) is 3.37. The number of ketones is 1. The van der Waals surface area contributed by atoms with Crippen molar-refractivity contribution < 1.29 is 24.2 Å². The number of carbonyl (C=O) groups excluding carboxylic acids is 2. The number of rotatable bonds is 12. The van der Waals surface area contributed by atoms with Gasteiger partial charge in [0.2, 0.25) is 0 Å². The Bertz CT molecular complexity index is 521. The van der Waals surface area contributed by atoms with Gasteiger partial charge in [0, 0.05) is 30.4 Å². The van der Waals surface area contributed by atoms with E-state index in [0.29, 0.717) is 25.4 Å². The van der Waals surface area contributed by atoms with Gasteiger partial charge in [-0.1, -0.05) is 38.5 Å². The Morgan fingerprint density at radius 3 is 2.78 bits per heavy atom. The van der Waals surface area contributed by atoms with Gasteiger partial charge in [0.05, 0.1) is 19.8 Å². The molecule has 0 aromatic carbocycles. The third-order valence-corrected chi connectivity index (χ3v) is 5.26. The van der Waals surface area contributed by atoms with Gasteiger partial charge < -0.3 is 14.6 Å². The summed E-state index contributed by atoms with van der Waals surface area (Å²) in [6.07, 6.45) is 11.6. The number of unbranched alkanes of at least 4 members (excludes halogenated alkanes) is 2. The molecule has 0 bridgehead atoms. The summed E-state index contributed by atoms with van der Waals surface area (Å²) in [5.41, 5.74) is -0.351. The highest BCUT2D eigenvalue weighted by molar-refractivity contribution is 5.83. The molecule has 5 heteroatoms. The van der Waals surface area contributed by atoms with Gasteiger partial charge in [-0.15, -0.1) is 0 Å². The van der Waals surface area contributed by atoms with Gasteiger partial charge in [-0.2, -0.15) is 0 Å². The number of aliphatic hydroxyl groups is 1. The van der Waals surface area contributed by atoms with E-state index in [2.05, 4.69) is 4.74 Å². The number of hydrogen-bond acceptors (Lipinski definition) is 5. The molecule has 1 rings (SSSR count). The molecule has 1 N–H and O–H groups in total. The van der Waals surface area contributed by atoms with Crippen LogP contribution in [0.4, 0.5) is 0 Å². The zero-order chi connectivity index (χ0) is 20.3. The van der Waals surface area contributed by atoms with Crippen molar-refractivity contribution in [3.05, 3.63) is 24.3 Å². The lowest BCUT2D eigenvalue weighted by atomic mass is 9.85. The van der Waals surface area contributed by atoms with Gasteiger partial charge >= 0.3 is 5.97 Å². The highest BCUT2D eigenvalue weighted by atomic mass is 16.5. The zero-order valence-corrected chi connectivity index (χ0v) is 17.3. The number of hydrogen-bond donors (Lipinski definition) is 1. The van der Waals surface area contributed by atoms with Crippen LogP contribution in [0.1, 0.15) is 59.3 Å². The molecule has 5 nitrogen and oxygen atoms in total. The summed E-state index contributed by atoms with van der Waals surface area (Å²) in [6.45, 7) is 7.04. The highest BCUT2D eigenvalue weighted by Gasteiger charge is 2.33. The minimum absolute atomic E-state index is 0.0491. The molecule has 154 valence electrons. The second-order valence-corrected chi connectivity index (χ2v) is 7.94. The van der Waals surface area contributed by atoms with E-state index < -0.39 is 6.10 Å². The van der Waals surface area contributed by atoms with E-state index >= 15 is 0 Å². The maximum absolute atomic E-state index is 12.2. The van der Waals surface area contributed by atoms with E-state index in [4.69, 9.17) is 4.74 Å². The monoisotopic (exact) mass is 380 g/mol. The first-order valence-corrected chi connectivity index (χ1v) is 10.0. The number of aliphatic hydroxyl groups excluding tert-OH is 1. The van der Waals surface area contributed by atoms with Crippen molar-refractivity contribution in [2.45, 2.75) is 65.4 Å². The largest absolute Gasteiger partial charge is 0.466 e. The quantitative estimate of drug-likeness (QED) is 0.241. The number of Topliss-reactive ketones (excluding diaryl/α,β-unsaturated/α-hetero) is 1. The second-order valence-electron chi connectivity index (χ2n) is 7.94. The second kappa shape index (κ2) is 12.1. The summed E-state index contributed by atoms with van der Waals surface area (Å²) >= 11 is 0. The summed E-state index contributed by atoms with van der Waals surface area (Å²) < 4.78 is 10.0. The third-order valence-electron chi connectivity index (χ3n) is 5.26. The summed E-state index contributed by atoms with van der Waals surface area (Å²) in [6, 6.07) is 0. The van der Waals surface area contributed by atoms with Crippen LogP contribution in [-0.2, 0) is 19.1 Å². The van der Waals surface area contributed by atoms with Crippen LogP contribution in [0.15, 0.2) is 24.3 Å². The van der Waals surface area contributed by atoms with Crippen molar-refractivity contribution in [1.29, 1.82) is 0 Å². The van der Waals surface area contributed by atoms with Crippen molar-refractivity contribution in [3.63, 3.8) is 0 Å². The molecule has 0 aromatic rings. The molecule has 0 aromatic heterocycles. The lowest BCUT2D eigenvalue weighted by Crippen LogP contribution is -2.32. The normalized spacial score (nSPS) is 22.0. The predicted molar refractivity (Wildman–Crippen MR) is 106 cm³/mol. The molecule has 1 saturated carbocycles. The summed E-state index contributed by atoms with van der Waals surface area (Å²) in [4.78, 5) is 23.2. The molecule has 1 aliphatic carbocycles. The first-order valence-electron chi connectivity index (χ1n) is 10.0. The molecular weight excluding hydrogens is 344 g/mol. The molecule has 1 unspecified atom stereocenters. The fraction of sp³-hybridized carbons (Fsp3) is 0.727. The van der Waals surface area contributed by atoms with Crippen LogP contribution in [0.5, 0.6) is 0 Å². The summed E-state index contributed by atoms with van der Waals surface area (Å²) in [5, 5.41) is 10.5. The van der Waals surface area contributed by atoms with Crippen molar-refractivity contribution in [2.24, 2.45) is 17.3 Å². The molecule has 1 aliphatic rings. The Kier molecular flexibility index (Phi) is 10.6. The van der Waals surface area contributed by atoms with E-state index in [-0.39, 0.29) is 23.2 Å². The zero-order valence-electron chi connectivity index (χ0n) is 17.3. The molecule has 0 amide bonds. The minimum Gasteiger partial charge on any atom is -0.466 e. The van der Waals surface area contributed by atoms with E-state index in [0.717, 1.165) is 32.1 Å². The van der Waals surface area contributed by atoms with Crippen LogP contribution in [0, 0.1) is 17.3 Å². The Labute approximate surface area is 163 Å². The highest BCUT2D eigenvalue weighted by Crippen LogP contribution is 2.34. The van der Waals surface area contributed by atoms with Crippen molar-refractivity contribution in [2.75, 3.05) is 20.3 Å². The molecule has 1 fully saturated rings. The van der Waals surface area contributed by atoms with Gasteiger partial charge in [-0.25, -0.2) is 4.79 Å². The Morgan fingerprint density at radius 2 is 2.11 bits per heavy atom. The van der Waals surface area contributed by atoms with Gasteiger partial charge in [-0.3, -0.25) is 4.79 Å². The SMILES string of the molecule is CCOCC(C)(C)C(O)/C=C/[C@H]1CCC(=O)[C@@H]1CCCC/C=C/C(=O)OC. The average Bonchev–Trinajstić information content (AvgIpc) is 3.00. The third kappa shape index (κ3) is 8.39. The molecule has 27 heavy (non-hydrogen) atoms. The molecule has 0 radical (unpaired) electrons. The average molecular weight is 381 g/mol. The first kappa shape index (κ1) is 23.6. The Balaban J connectivity index is 2.47. The van der Waals surface area contributed by atoms with Gasteiger partial charge in [-0.05, 0) is 38.5 Å². The molecule has 0 saturated heterocycles. The number of esters is 1. The molecule has 0 heterocycles. The molecule has 0 spiro atoms. The lowest BCUT2D eigenvalue weighted by molar-refractivity contribution is -0.134. The van der Waals surface area contributed by atoms with E-state index in [1.54, 1.807) is 0 Å². The molecule has 0 aliphatic heterocycles. The fourth-order valence-corrected chi connectivity index (χ4v) is 3.37. The maximum Gasteiger partial charge on any atom is 0.330 e. The Hall–Kier alpha value is -1.46. The molecular formula is C22H36O5. The van der Waals surface area contributed by atoms with Gasteiger partial charge in [0.15, 0.2) is 0 Å². The van der Waals surface area contributed by atoms with Crippen molar-refractivity contribution in [1.82, 2.24) is 0 Å².